The summed E-state index contributed by atoms with van der Waals surface area (Å²) in [6.07, 6.45) is 3.79. The van der Waals surface area contributed by atoms with Crippen molar-refractivity contribution in [3.05, 3.63) is 58.1 Å². The van der Waals surface area contributed by atoms with Crippen LogP contribution in [-0.4, -0.2) is 41.9 Å². The van der Waals surface area contributed by atoms with Crippen molar-refractivity contribution in [2.75, 3.05) is 12.4 Å². The number of aromatic nitrogens is 2. The number of hydrogen-bond acceptors (Lipinski definition) is 6. The van der Waals surface area contributed by atoms with E-state index in [1.54, 1.807) is 25.2 Å². The summed E-state index contributed by atoms with van der Waals surface area (Å²) in [6.45, 7) is 0. The zero-order valence-electron chi connectivity index (χ0n) is 17.1. The van der Waals surface area contributed by atoms with Crippen molar-refractivity contribution in [3.8, 4) is 11.5 Å². The Morgan fingerprint density at radius 3 is 2.47 bits per heavy atom. The van der Waals surface area contributed by atoms with Gasteiger partial charge in [-0.05, 0) is 55.3 Å². The van der Waals surface area contributed by atoms with Crippen LogP contribution in [0.5, 0.6) is 0 Å². The highest BCUT2D eigenvalue weighted by molar-refractivity contribution is 7.89. The molecule has 1 N–H and O–H groups in total. The standard InChI is InChI=1S/C21H20Cl2N4O4S/c1-27(15-4-2-3-5-15)32(29,30)16-9-6-13(7-10-16)19(28)24-21-26-25-20(31-21)17-12-14(22)8-11-18(17)23/h6-12,15H,2-5H2,1H3,(H,24,26,28). The third-order valence-corrected chi connectivity index (χ3v) is 7.93. The SMILES string of the molecule is CN(C1CCCC1)S(=O)(=O)c1ccc(C(=O)Nc2nnc(-c3cc(Cl)ccc3Cl)o2)cc1. The van der Waals surface area contributed by atoms with Gasteiger partial charge < -0.3 is 4.42 Å². The van der Waals surface area contributed by atoms with Gasteiger partial charge in [-0.15, -0.1) is 5.10 Å². The molecule has 1 heterocycles. The highest BCUT2D eigenvalue weighted by atomic mass is 35.5. The molecule has 4 rings (SSSR count). The molecule has 168 valence electrons. The number of benzene rings is 2. The van der Waals surface area contributed by atoms with Crippen molar-refractivity contribution < 1.29 is 17.6 Å². The molecule has 1 fully saturated rings. The molecule has 0 aliphatic heterocycles. The Morgan fingerprint density at radius 2 is 1.78 bits per heavy atom. The van der Waals surface area contributed by atoms with Gasteiger partial charge in [0, 0.05) is 23.7 Å². The summed E-state index contributed by atoms with van der Waals surface area (Å²) in [5.74, 6) is -0.422. The van der Waals surface area contributed by atoms with Gasteiger partial charge in [0.2, 0.25) is 10.0 Å². The van der Waals surface area contributed by atoms with Crippen LogP contribution in [0.1, 0.15) is 36.0 Å². The molecule has 3 aromatic rings. The Labute approximate surface area is 195 Å². The summed E-state index contributed by atoms with van der Waals surface area (Å²) in [4.78, 5) is 12.7. The topological polar surface area (TPSA) is 105 Å². The van der Waals surface area contributed by atoms with E-state index in [1.165, 1.54) is 28.6 Å². The van der Waals surface area contributed by atoms with Crippen molar-refractivity contribution in [1.82, 2.24) is 14.5 Å². The van der Waals surface area contributed by atoms with E-state index in [1.807, 2.05) is 0 Å². The van der Waals surface area contributed by atoms with E-state index in [2.05, 4.69) is 15.5 Å². The Kier molecular flexibility index (Phi) is 6.52. The van der Waals surface area contributed by atoms with E-state index in [4.69, 9.17) is 27.6 Å². The summed E-state index contributed by atoms with van der Waals surface area (Å²) < 4.78 is 32.6. The smallest absolute Gasteiger partial charge is 0.322 e. The predicted octanol–water partition coefficient (Wildman–Crippen LogP) is 4.86. The van der Waals surface area contributed by atoms with E-state index in [0.717, 1.165) is 25.7 Å². The lowest BCUT2D eigenvalue weighted by molar-refractivity contribution is 0.102. The van der Waals surface area contributed by atoms with Gasteiger partial charge in [0.15, 0.2) is 0 Å². The average Bonchev–Trinajstić information content (AvgIpc) is 3.47. The molecule has 32 heavy (non-hydrogen) atoms. The van der Waals surface area contributed by atoms with Crippen molar-refractivity contribution >= 4 is 45.1 Å². The monoisotopic (exact) mass is 494 g/mol. The van der Waals surface area contributed by atoms with Gasteiger partial charge in [-0.3, -0.25) is 10.1 Å². The molecule has 0 radical (unpaired) electrons. The van der Waals surface area contributed by atoms with Gasteiger partial charge in [-0.1, -0.05) is 41.1 Å². The van der Waals surface area contributed by atoms with Crippen LogP contribution < -0.4 is 5.32 Å². The Hall–Kier alpha value is -2.46. The van der Waals surface area contributed by atoms with Crippen LogP contribution >= 0.6 is 23.2 Å². The van der Waals surface area contributed by atoms with Crippen molar-refractivity contribution in [2.45, 2.75) is 36.6 Å². The maximum Gasteiger partial charge on any atom is 0.322 e. The molecule has 1 aliphatic carbocycles. The molecule has 0 spiro atoms. The summed E-state index contributed by atoms with van der Waals surface area (Å²) in [5, 5.41) is 11.0. The summed E-state index contributed by atoms with van der Waals surface area (Å²) in [5.41, 5.74) is 0.682. The molecule has 1 aromatic heterocycles. The highest BCUT2D eigenvalue weighted by Crippen LogP contribution is 2.31. The van der Waals surface area contributed by atoms with Crippen LogP contribution in [0.15, 0.2) is 51.8 Å². The van der Waals surface area contributed by atoms with Gasteiger partial charge in [-0.2, -0.15) is 4.31 Å². The molecule has 8 nitrogen and oxygen atoms in total. The number of carbonyl (C=O) groups excluding carboxylic acids is 1. The molecule has 1 saturated carbocycles. The Balaban J connectivity index is 1.47. The average molecular weight is 495 g/mol. The van der Waals surface area contributed by atoms with Crippen molar-refractivity contribution in [1.29, 1.82) is 0 Å². The first-order valence-electron chi connectivity index (χ1n) is 9.94. The Morgan fingerprint density at radius 1 is 1.09 bits per heavy atom. The largest absolute Gasteiger partial charge is 0.403 e. The molecule has 1 aliphatic rings. The quantitative estimate of drug-likeness (QED) is 0.524. The second kappa shape index (κ2) is 9.19. The van der Waals surface area contributed by atoms with Gasteiger partial charge in [-0.25, -0.2) is 8.42 Å². The maximum atomic E-state index is 12.9. The van der Waals surface area contributed by atoms with E-state index < -0.39 is 15.9 Å². The number of halogens is 2. The lowest BCUT2D eigenvalue weighted by Crippen LogP contribution is -2.35. The van der Waals surface area contributed by atoms with E-state index in [0.29, 0.717) is 15.6 Å². The molecule has 0 unspecified atom stereocenters. The lowest BCUT2D eigenvalue weighted by Gasteiger charge is -2.23. The number of rotatable bonds is 6. The van der Waals surface area contributed by atoms with Crippen LogP contribution in [0.3, 0.4) is 0 Å². The first-order valence-corrected chi connectivity index (χ1v) is 12.1. The second-order valence-corrected chi connectivity index (χ2v) is 10.3. The minimum atomic E-state index is -3.62. The molecule has 11 heteroatoms. The van der Waals surface area contributed by atoms with Crippen LogP contribution in [-0.2, 0) is 10.0 Å². The van der Waals surface area contributed by atoms with Crippen LogP contribution in [0.4, 0.5) is 6.01 Å². The fourth-order valence-corrected chi connectivity index (χ4v) is 5.41. The molecule has 0 bridgehead atoms. The Bertz CT molecular complexity index is 1240. The predicted molar refractivity (Wildman–Crippen MR) is 121 cm³/mol. The first-order chi connectivity index (χ1) is 15.3. The number of nitrogens with zero attached hydrogens (tertiary/aromatic N) is 3. The lowest BCUT2D eigenvalue weighted by atomic mass is 10.2. The fraction of sp³-hybridized carbons (Fsp3) is 0.286. The zero-order valence-corrected chi connectivity index (χ0v) is 19.4. The fourth-order valence-electron chi connectivity index (χ4n) is 3.62. The third kappa shape index (κ3) is 4.66. The van der Waals surface area contributed by atoms with Crippen molar-refractivity contribution in [3.63, 3.8) is 0 Å². The number of anilines is 1. The normalized spacial score (nSPS) is 14.8. The molecule has 0 saturated heterocycles. The maximum absolute atomic E-state index is 12.9. The van der Waals surface area contributed by atoms with Gasteiger partial charge in [0.1, 0.15) is 0 Å². The summed E-state index contributed by atoms with van der Waals surface area (Å²) in [6, 6.07) is 10.4. The van der Waals surface area contributed by atoms with Gasteiger partial charge in [0.25, 0.3) is 11.8 Å². The number of carbonyl (C=O) groups is 1. The number of sulfonamides is 1. The first kappa shape index (κ1) is 22.7. The molecule has 0 atom stereocenters. The van der Waals surface area contributed by atoms with Crippen LogP contribution in [0.25, 0.3) is 11.5 Å². The minimum Gasteiger partial charge on any atom is -0.403 e. The van der Waals surface area contributed by atoms with Crippen LogP contribution in [0, 0.1) is 0 Å². The van der Waals surface area contributed by atoms with Crippen molar-refractivity contribution in [2.24, 2.45) is 0 Å². The summed E-state index contributed by atoms with van der Waals surface area (Å²) >= 11 is 12.1. The zero-order chi connectivity index (χ0) is 22.9. The van der Waals surface area contributed by atoms with E-state index in [9.17, 15) is 13.2 Å². The van der Waals surface area contributed by atoms with Gasteiger partial charge in [0.05, 0.1) is 15.5 Å². The van der Waals surface area contributed by atoms with Crippen LogP contribution in [0.2, 0.25) is 10.0 Å². The number of amides is 1. The third-order valence-electron chi connectivity index (χ3n) is 5.44. The van der Waals surface area contributed by atoms with Gasteiger partial charge >= 0.3 is 6.01 Å². The second-order valence-electron chi connectivity index (χ2n) is 7.47. The minimum absolute atomic E-state index is 0.0164. The number of hydrogen-bond donors (Lipinski definition) is 1. The molecule has 1 amide bonds. The van der Waals surface area contributed by atoms with E-state index >= 15 is 0 Å². The molecule has 2 aromatic carbocycles. The molecular formula is C21H20Cl2N4O4S. The van der Waals surface area contributed by atoms with E-state index in [-0.39, 0.29) is 28.4 Å². The highest BCUT2D eigenvalue weighted by Gasteiger charge is 2.30. The summed E-state index contributed by atoms with van der Waals surface area (Å²) in [7, 11) is -2.02. The molecular weight excluding hydrogens is 475 g/mol. The number of nitrogens with one attached hydrogen (secondary N) is 1.